The number of carbonyl (C=O) groups is 3. The van der Waals surface area contributed by atoms with Gasteiger partial charge in [0.25, 0.3) is 11.8 Å². The van der Waals surface area contributed by atoms with Gasteiger partial charge in [-0.25, -0.2) is 0 Å². The molecule has 2 aromatic rings. The molecule has 2 saturated heterocycles. The number of benzene rings is 2. The molecule has 3 amide bonds. The molecule has 0 bridgehead atoms. The van der Waals surface area contributed by atoms with Crippen molar-refractivity contribution < 1.29 is 14.4 Å². The van der Waals surface area contributed by atoms with Crippen molar-refractivity contribution in [1.29, 1.82) is 0 Å². The van der Waals surface area contributed by atoms with Crippen LogP contribution in [0.5, 0.6) is 0 Å². The predicted molar refractivity (Wildman–Crippen MR) is 139 cm³/mol. The van der Waals surface area contributed by atoms with Gasteiger partial charge in [-0.2, -0.15) is 0 Å². The Morgan fingerprint density at radius 2 is 1.80 bits per heavy atom. The topological polar surface area (TPSA) is 81.8 Å². The minimum absolute atomic E-state index is 0.0790. The Hall–Kier alpha value is -3.19. The van der Waals surface area contributed by atoms with E-state index in [4.69, 9.17) is 0 Å². The molecule has 0 aliphatic carbocycles. The first kappa shape index (κ1) is 24.9. The fourth-order valence-electron chi connectivity index (χ4n) is 4.81. The molecule has 4 rings (SSSR count). The lowest BCUT2D eigenvalue weighted by Crippen LogP contribution is -2.45. The number of rotatable bonds is 8. The minimum atomic E-state index is -0.308. The average Bonchev–Trinajstić information content (AvgIpc) is 3.31. The maximum atomic E-state index is 13.1. The van der Waals surface area contributed by atoms with Crippen LogP contribution in [0.25, 0.3) is 0 Å². The highest BCUT2D eigenvalue weighted by Crippen LogP contribution is 2.24. The van der Waals surface area contributed by atoms with Crippen molar-refractivity contribution in [2.24, 2.45) is 5.92 Å². The lowest BCUT2D eigenvalue weighted by Gasteiger charge is -2.33. The zero-order chi connectivity index (χ0) is 24.8. The first-order valence-electron chi connectivity index (χ1n) is 12.8. The molecule has 1 unspecified atom stereocenters. The van der Waals surface area contributed by atoms with Crippen molar-refractivity contribution >= 4 is 29.1 Å². The van der Waals surface area contributed by atoms with E-state index < -0.39 is 0 Å². The van der Waals surface area contributed by atoms with E-state index in [2.05, 4.69) is 29.4 Å². The van der Waals surface area contributed by atoms with Crippen molar-refractivity contribution in [2.75, 3.05) is 36.4 Å². The van der Waals surface area contributed by atoms with Gasteiger partial charge >= 0.3 is 0 Å². The lowest BCUT2D eigenvalue weighted by molar-refractivity contribution is -0.117. The monoisotopic (exact) mass is 476 g/mol. The van der Waals surface area contributed by atoms with Crippen LogP contribution in [0.3, 0.4) is 0 Å². The Morgan fingerprint density at radius 1 is 1.03 bits per heavy atom. The summed E-state index contributed by atoms with van der Waals surface area (Å²) in [5.41, 5.74) is 2.11. The molecule has 186 valence electrons. The van der Waals surface area contributed by atoms with Gasteiger partial charge in [0.15, 0.2) is 0 Å². The second-order valence-electron chi connectivity index (χ2n) is 9.76. The number of anilines is 2. The molecule has 2 aromatic carbocycles. The highest BCUT2D eigenvalue weighted by Gasteiger charge is 2.24. The van der Waals surface area contributed by atoms with Gasteiger partial charge in [-0.15, -0.1) is 0 Å². The predicted octanol–water partition coefficient (Wildman–Crippen LogP) is 4.31. The second-order valence-corrected chi connectivity index (χ2v) is 9.76. The van der Waals surface area contributed by atoms with Crippen LogP contribution >= 0.6 is 0 Å². The molecular formula is C28H36N4O3. The highest BCUT2D eigenvalue weighted by atomic mass is 16.2. The van der Waals surface area contributed by atoms with E-state index in [0.717, 1.165) is 44.6 Å². The third-order valence-corrected chi connectivity index (χ3v) is 7.10. The number of nitrogens with zero attached hydrogens (tertiary/aromatic N) is 2. The van der Waals surface area contributed by atoms with Crippen molar-refractivity contribution in [3.05, 3.63) is 59.7 Å². The van der Waals surface area contributed by atoms with Gasteiger partial charge in [0.1, 0.15) is 0 Å². The Labute approximate surface area is 207 Å². The maximum Gasteiger partial charge on any atom is 0.255 e. The lowest BCUT2D eigenvalue weighted by atomic mass is 10.0. The molecule has 2 aliphatic rings. The van der Waals surface area contributed by atoms with Gasteiger partial charge < -0.3 is 20.4 Å². The molecule has 2 aliphatic heterocycles. The molecule has 35 heavy (non-hydrogen) atoms. The van der Waals surface area contributed by atoms with E-state index in [0.29, 0.717) is 35.7 Å². The quantitative estimate of drug-likeness (QED) is 0.595. The SMILES string of the molecule is CCC(C)CN1CCC(NC(=O)c2ccccc2NC(=O)c2cccc(N3CCCC3=O)c2)CC1. The average molecular weight is 477 g/mol. The van der Waals surface area contributed by atoms with Gasteiger partial charge in [0.05, 0.1) is 11.3 Å². The zero-order valence-corrected chi connectivity index (χ0v) is 20.8. The van der Waals surface area contributed by atoms with Crippen molar-refractivity contribution in [3.8, 4) is 0 Å². The van der Waals surface area contributed by atoms with Crippen LogP contribution in [-0.2, 0) is 4.79 Å². The van der Waals surface area contributed by atoms with Crippen LogP contribution in [0.15, 0.2) is 48.5 Å². The Bertz CT molecular complexity index is 1060. The third kappa shape index (κ3) is 6.28. The number of nitrogens with one attached hydrogen (secondary N) is 2. The Morgan fingerprint density at radius 3 is 2.51 bits per heavy atom. The summed E-state index contributed by atoms with van der Waals surface area (Å²) in [5, 5.41) is 6.06. The zero-order valence-electron chi connectivity index (χ0n) is 20.8. The molecule has 2 fully saturated rings. The standard InChI is InChI=1S/C28H36N4O3/c1-3-20(2)19-31-16-13-22(14-17-31)29-28(35)24-10-4-5-11-25(24)30-27(34)21-8-6-9-23(18-21)32-15-7-12-26(32)33/h4-6,8-11,18,20,22H,3,7,12-17,19H2,1-2H3,(H,29,35)(H,30,34). The maximum absolute atomic E-state index is 13.1. The molecule has 0 spiro atoms. The molecular weight excluding hydrogens is 440 g/mol. The molecule has 2 heterocycles. The molecule has 1 atom stereocenters. The minimum Gasteiger partial charge on any atom is -0.349 e. The number of likely N-dealkylation sites (tertiary alicyclic amines) is 1. The summed E-state index contributed by atoms with van der Waals surface area (Å²) in [6, 6.07) is 14.3. The van der Waals surface area contributed by atoms with Crippen LogP contribution < -0.4 is 15.5 Å². The van der Waals surface area contributed by atoms with E-state index >= 15 is 0 Å². The van der Waals surface area contributed by atoms with Crippen LogP contribution in [0.4, 0.5) is 11.4 Å². The van der Waals surface area contributed by atoms with E-state index in [1.807, 2.05) is 6.07 Å². The first-order chi connectivity index (χ1) is 16.9. The fourth-order valence-corrected chi connectivity index (χ4v) is 4.81. The molecule has 0 aromatic heterocycles. The summed E-state index contributed by atoms with van der Waals surface area (Å²) in [5.74, 6) is 0.290. The normalized spacial score (nSPS) is 17.9. The first-order valence-corrected chi connectivity index (χ1v) is 12.8. The van der Waals surface area contributed by atoms with E-state index in [9.17, 15) is 14.4 Å². The molecule has 2 N–H and O–H groups in total. The summed E-state index contributed by atoms with van der Waals surface area (Å²) >= 11 is 0. The Balaban J connectivity index is 1.38. The third-order valence-electron chi connectivity index (χ3n) is 7.10. The van der Waals surface area contributed by atoms with Gasteiger partial charge in [-0.05, 0) is 55.5 Å². The van der Waals surface area contributed by atoms with Gasteiger partial charge in [-0.1, -0.05) is 38.5 Å². The van der Waals surface area contributed by atoms with E-state index in [1.54, 1.807) is 47.4 Å². The van der Waals surface area contributed by atoms with Gasteiger partial charge in [0, 0.05) is 49.9 Å². The van der Waals surface area contributed by atoms with Gasteiger partial charge in [-0.3, -0.25) is 14.4 Å². The molecule has 0 saturated carbocycles. The molecule has 0 radical (unpaired) electrons. The second kappa shape index (κ2) is 11.5. The highest BCUT2D eigenvalue weighted by molar-refractivity contribution is 6.09. The summed E-state index contributed by atoms with van der Waals surface area (Å²) in [6.07, 6.45) is 4.40. The van der Waals surface area contributed by atoms with Crippen molar-refractivity contribution in [2.45, 2.75) is 52.0 Å². The summed E-state index contributed by atoms with van der Waals surface area (Å²) in [7, 11) is 0. The number of para-hydroxylation sites is 1. The van der Waals surface area contributed by atoms with Crippen molar-refractivity contribution in [3.63, 3.8) is 0 Å². The summed E-state index contributed by atoms with van der Waals surface area (Å²) < 4.78 is 0. The number of carbonyl (C=O) groups excluding carboxylic acids is 3. The van der Waals surface area contributed by atoms with Crippen molar-refractivity contribution in [1.82, 2.24) is 10.2 Å². The number of hydrogen-bond donors (Lipinski definition) is 2. The van der Waals surface area contributed by atoms with E-state index in [-0.39, 0.29) is 23.8 Å². The largest absolute Gasteiger partial charge is 0.349 e. The summed E-state index contributed by atoms with van der Waals surface area (Å²) in [4.78, 5) is 42.4. The van der Waals surface area contributed by atoms with Crippen LogP contribution in [0, 0.1) is 5.92 Å². The Kier molecular flexibility index (Phi) is 8.18. The van der Waals surface area contributed by atoms with Gasteiger partial charge in [0.2, 0.25) is 5.91 Å². The molecule has 7 heteroatoms. The van der Waals surface area contributed by atoms with Crippen LogP contribution in [0.2, 0.25) is 0 Å². The number of hydrogen-bond acceptors (Lipinski definition) is 4. The van der Waals surface area contributed by atoms with E-state index in [1.165, 1.54) is 6.42 Å². The fraction of sp³-hybridized carbons (Fsp3) is 0.464. The summed E-state index contributed by atoms with van der Waals surface area (Å²) in [6.45, 7) is 8.26. The van der Waals surface area contributed by atoms with Crippen LogP contribution in [-0.4, -0.2) is 54.8 Å². The molecule has 7 nitrogen and oxygen atoms in total. The smallest absolute Gasteiger partial charge is 0.255 e. The number of piperidine rings is 1. The van der Waals surface area contributed by atoms with Crippen LogP contribution in [0.1, 0.15) is 66.7 Å². The number of amides is 3.